The molecule has 0 aliphatic heterocycles. The second kappa shape index (κ2) is 9.07. The summed E-state index contributed by atoms with van der Waals surface area (Å²) >= 11 is 0. The van der Waals surface area contributed by atoms with E-state index in [0.717, 1.165) is 18.4 Å². The highest BCUT2D eigenvalue weighted by atomic mass is 16.1. The molecule has 2 rings (SSSR count). The first-order chi connectivity index (χ1) is 11.5. The second-order valence-corrected chi connectivity index (χ2v) is 6.53. The Morgan fingerprint density at radius 1 is 1.04 bits per heavy atom. The first-order valence-corrected chi connectivity index (χ1v) is 8.66. The van der Waals surface area contributed by atoms with Crippen LogP contribution in [0.3, 0.4) is 0 Å². The minimum atomic E-state index is -0.0364. The fourth-order valence-electron chi connectivity index (χ4n) is 2.48. The molecule has 0 heterocycles. The number of hydrogen-bond acceptors (Lipinski definition) is 1. The maximum atomic E-state index is 11.8. The lowest BCUT2D eigenvalue weighted by atomic mass is 10.0. The van der Waals surface area contributed by atoms with Crippen LogP contribution in [0, 0.1) is 6.92 Å². The van der Waals surface area contributed by atoms with Gasteiger partial charge < -0.3 is 5.32 Å². The molecular weight excluding hydrogens is 294 g/mol. The van der Waals surface area contributed by atoms with Gasteiger partial charge in [-0.1, -0.05) is 67.9 Å². The van der Waals surface area contributed by atoms with E-state index < -0.39 is 0 Å². The van der Waals surface area contributed by atoms with Crippen molar-refractivity contribution in [2.75, 3.05) is 6.54 Å². The van der Waals surface area contributed by atoms with Gasteiger partial charge in [0.25, 0.3) is 0 Å². The molecule has 2 nitrogen and oxygen atoms in total. The first kappa shape index (κ1) is 18.0. The van der Waals surface area contributed by atoms with Gasteiger partial charge in [0.15, 0.2) is 0 Å². The van der Waals surface area contributed by atoms with Crippen LogP contribution in [-0.2, 0) is 11.2 Å². The molecule has 0 saturated heterocycles. The van der Waals surface area contributed by atoms with Crippen LogP contribution in [0.15, 0.2) is 54.6 Å². The zero-order valence-corrected chi connectivity index (χ0v) is 14.9. The van der Waals surface area contributed by atoms with E-state index in [1.54, 1.807) is 6.08 Å². The summed E-state index contributed by atoms with van der Waals surface area (Å²) in [5.41, 5.74) is 4.95. The van der Waals surface area contributed by atoms with Crippen molar-refractivity contribution in [3.63, 3.8) is 0 Å². The third-order valence-electron chi connectivity index (χ3n) is 4.09. The van der Waals surface area contributed by atoms with Crippen LogP contribution in [0.1, 0.15) is 48.4 Å². The molecule has 0 unspecified atom stereocenters. The van der Waals surface area contributed by atoms with Crippen molar-refractivity contribution in [2.24, 2.45) is 0 Å². The maximum absolute atomic E-state index is 11.8. The Morgan fingerprint density at radius 2 is 1.71 bits per heavy atom. The molecule has 0 saturated carbocycles. The van der Waals surface area contributed by atoms with Crippen molar-refractivity contribution in [3.05, 3.63) is 76.9 Å². The minimum absolute atomic E-state index is 0.0364. The summed E-state index contributed by atoms with van der Waals surface area (Å²) in [6, 6.07) is 16.9. The molecule has 0 aliphatic rings. The van der Waals surface area contributed by atoms with E-state index in [0.29, 0.717) is 12.5 Å². The number of benzene rings is 2. The number of carbonyl (C=O) groups excluding carboxylic acids is 1. The van der Waals surface area contributed by atoms with Crippen LogP contribution < -0.4 is 5.32 Å². The van der Waals surface area contributed by atoms with Crippen LogP contribution in [0.2, 0.25) is 0 Å². The highest BCUT2D eigenvalue weighted by molar-refractivity contribution is 5.91. The van der Waals surface area contributed by atoms with Gasteiger partial charge in [0.1, 0.15) is 0 Å². The van der Waals surface area contributed by atoms with Crippen LogP contribution >= 0.6 is 0 Å². The van der Waals surface area contributed by atoms with E-state index in [2.05, 4.69) is 50.4 Å². The summed E-state index contributed by atoms with van der Waals surface area (Å²) in [6.45, 7) is 7.16. The number of nitrogens with one attached hydrogen (secondary N) is 1. The third kappa shape index (κ3) is 6.04. The molecular formula is C22H27NO. The van der Waals surface area contributed by atoms with E-state index in [1.165, 1.54) is 16.7 Å². The lowest BCUT2D eigenvalue weighted by Crippen LogP contribution is -2.22. The summed E-state index contributed by atoms with van der Waals surface area (Å²) in [5.74, 6) is 0.532. The molecule has 0 aromatic heterocycles. The van der Waals surface area contributed by atoms with E-state index in [1.807, 2.05) is 30.3 Å². The van der Waals surface area contributed by atoms with Crippen molar-refractivity contribution >= 4 is 12.0 Å². The van der Waals surface area contributed by atoms with E-state index >= 15 is 0 Å². The quantitative estimate of drug-likeness (QED) is 0.571. The third-order valence-corrected chi connectivity index (χ3v) is 4.09. The van der Waals surface area contributed by atoms with Gasteiger partial charge in [-0.05, 0) is 48.4 Å². The number of aryl methyl sites for hydroxylation is 2. The lowest BCUT2D eigenvalue weighted by Gasteiger charge is -2.07. The largest absolute Gasteiger partial charge is 0.353 e. The van der Waals surface area contributed by atoms with Crippen LogP contribution in [0.25, 0.3) is 6.08 Å². The van der Waals surface area contributed by atoms with Crippen molar-refractivity contribution in [3.8, 4) is 0 Å². The number of hydrogen-bond donors (Lipinski definition) is 1. The van der Waals surface area contributed by atoms with Crippen molar-refractivity contribution in [1.82, 2.24) is 5.32 Å². The molecule has 126 valence electrons. The number of amides is 1. The molecule has 1 N–H and O–H groups in total. The monoisotopic (exact) mass is 321 g/mol. The molecule has 0 radical (unpaired) electrons. The molecule has 2 heteroatoms. The van der Waals surface area contributed by atoms with Crippen LogP contribution in [0.5, 0.6) is 0 Å². The Hall–Kier alpha value is -2.35. The summed E-state index contributed by atoms with van der Waals surface area (Å²) < 4.78 is 0. The smallest absolute Gasteiger partial charge is 0.243 e. The number of rotatable bonds is 7. The van der Waals surface area contributed by atoms with E-state index in [-0.39, 0.29) is 5.91 Å². The zero-order valence-electron chi connectivity index (χ0n) is 14.9. The van der Waals surface area contributed by atoms with E-state index in [4.69, 9.17) is 0 Å². The predicted octanol–water partition coefficient (Wildman–Crippen LogP) is 4.88. The minimum Gasteiger partial charge on any atom is -0.353 e. The van der Waals surface area contributed by atoms with Gasteiger partial charge in [-0.2, -0.15) is 0 Å². The SMILES string of the molecule is Cc1ccc(/C=C/C(=O)NCCCc2ccc(C(C)C)cc2)cc1. The molecule has 2 aromatic carbocycles. The van der Waals surface area contributed by atoms with Crippen molar-refractivity contribution in [1.29, 1.82) is 0 Å². The Balaban J connectivity index is 1.69. The summed E-state index contributed by atoms with van der Waals surface area (Å²) in [4.78, 5) is 11.8. The van der Waals surface area contributed by atoms with Gasteiger partial charge in [0.2, 0.25) is 5.91 Å². The van der Waals surface area contributed by atoms with Gasteiger partial charge in [-0.25, -0.2) is 0 Å². The van der Waals surface area contributed by atoms with Gasteiger partial charge in [-0.3, -0.25) is 4.79 Å². The molecule has 1 amide bonds. The normalized spacial score (nSPS) is 11.2. The average molecular weight is 321 g/mol. The van der Waals surface area contributed by atoms with Gasteiger partial charge in [-0.15, -0.1) is 0 Å². The maximum Gasteiger partial charge on any atom is 0.243 e. The highest BCUT2D eigenvalue weighted by Gasteiger charge is 2.00. The Bertz CT molecular complexity index is 666. The fourth-order valence-corrected chi connectivity index (χ4v) is 2.48. The van der Waals surface area contributed by atoms with Crippen LogP contribution in [0.4, 0.5) is 0 Å². The second-order valence-electron chi connectivity index (χ2n) is 6.53. The zero-order chi connectivity index (χ0) is 17.4. The molecule has 0 aliphatic carbocycles. The fraction of sp³-hybridized carbons (Fsp3) is 0.318. The standard InChI is InChI=1S/C22H27NO/c1-17(2)21-13-10-19(11-14-21)5-4-16-23-22(24)15-12-20-8-6-18(3)7-9-20/h6-15,17H,4-5,16H2,1-3H3,(H,23,24)/b15-12+. The molecule has 24 heavy (non-hydrogen) atoms. The Morgan fingerprint density at radius 3 is 2.33 bits per heavy atom. The molecule has 0 atom stereocenters. The van der Waals surface area contributed by atoms with Gasteiger partial charge in [0.05, 0.1) is 0 Å². The van der Waals surface area contributed by atoms with Gasteiger partial charge >= 0.3 is 0 Å². The van der Waals surface area contributed by atoms with Gasteiger partial charge in [0, 0.05) is 12.6 Å². The summed E-state index contributed by atoms with van der Waals surface area (Å²) in [5, 5.41) is 2.94. The Kier molecular flexibility index (Phi) is 6.80. The summed E-state index contributed by atoms with van der Waals surface area (Å²) in [6.07, 6.45) is 5.38. The molecule has 0 bridgehead atoms. The van der Waals surface area contributed by atoms with Crippen molar-refractivity contribution < 1.29 is 4.79 Å². The molecule has 2 aromatic rings. The van der Waals surface area contributed by atoms with Crippen molar-refractivity contribution in [2.45, 2.75) is 39.5 Å². The average Bonchev–Trinajstić information content (AvgIpc) is 2.58. The predicted molar refractivity (Wildman–Crippen MR) is 102 cm³/mol. The lowest BCUT2D eigenvalue weighted by molar-refractivity contribution is -0.116. The molecule has 0 fully saturated rings. The van der Waals surface area contributed by atoms with E-state index in [9.17, 15) is 4.79 Å². The first-order valence-electron chi connectivity index (χ1n) is 8.66. The topological polar surface area (TPSA) is 29.1 Å². The molecule has 0 spiro atoms. The highest BCUT2D eigenvalue weighted by Crippen LogP contribution is 2.15. The Labute approximate surface area is 145 Å². The van der Waals surface area contributed by atoms with Crippen LogP contribution in [-0.4, -0.2) is 12.5 Å². The number of carbonyl (C=O) groups is 1. The summed E-state index contributed by atoms with van der Waals surface area (Å²) in [7, 11) is 0.